The van der Waals surface area contributed by atoms with E-state index >= 15 is 0 Å². The molecule has 3 aromatic carbocycles. The molecule has 0 N–H and O–H groups in total. The van der Waals surface area contributed by atoms with Crippen LogP contribution in [0.5, 0.6) is 0 Å². The Labute approximate surface area is 203 Å². The fourth-order valence-corrected chi connectivity index (χ4v) is 4.61. The van der Waals surface area contributed by atoms with E-state index in [1.165, 1.54) is 16.7 Å². The van der Waals surface area contributed by atoms with Gasteiger partial charge in [-0.15, -0.1) is 0 Å². The zero-order chi connectivity index (χ0) is 24.3. The fourth-order valence-electron chi connectivity index (χ4n) is 4.61. The fraction of sp³-hybridized carbons (Fsp3) is 0.129. The third-order valence-corrected chi connectivity index (χ3v) is 6.98. The van der Waals surface area contributed by atoms with Crippen LogP contribution in [0.15, 0.2) is 71.4 Å². The highest BCUT2D eigenvalue weighted by atomic mass is 16.3. The number of fused-ring (bicyclic) bond motifs is 5. The normalized spacial score (nSPS) is 11.4. The predicted molar refractivity (Wildman–Crippen MR) is 143 cm³/mol. The highest BCUT2D eigenvalue weighted by molar-refractivity contribution is 6.18. The molecule has 0 aliphatic rings. The number of rotatable bonds is 2. The Morgan fingerprint density at radius 3 is 2.06 bits per heavy atom. The first-order chi connectivity index (χ1) is 16.9. The molecule has 0 radical (unpaired) electrons. The van der Waals surface area contributed by atoms with E-state index in [0.717, 1.165) is 60.8 Å². The first-order valence-electron chi connectivity index (χ1n) is 11.6. The molecule has 0 fully saturated rings. The Hall–Kier alpha value is -4.49. The summed E-state index contributed by atoms with van der Waals surface area (Å²) in [5.41, 5.74) is 10.8. The third-order valence-electron chi connectivity index (χ3n) is 6.98. The van der Waals surface area contributed by atoms with Gasteiger partial charge in [-0.05, 0) is 91.7 Å². The molecule has 0 unspecified atom stereocenters. The molecule has 0 aliphatic heterocycles. The quantitative estimate of drug-likeness (QED) is 0.246. The Balaban J connectivity index is 1.72. The number of benzene rings is 3. The molecule has 3 heterocycles. The molecule has 6 aromatic rings. The van der Waals surface area contributed by atoms with Gasteiger partial charge in [-0.2, -0.15) is 0 Å². The van der Waals surface area contributed by atoms with Crippen LogP contribution in [0.25, 0.3) is 60.1 Å². The third kappa shape index (κ3) is 3.36. The van der Waals surface area contributed by atoms with E-state index in [9.17, 15) is 0 Å². The number of aryl methyl sites for hydroxylation is 4. The van der Waals surface area contributed by atoms with Crippen LogP contribution in [-0.4, -0.2) is 9.97 Å². The number of hydrogen-bond donors (Lipinski definition) is 0. The number of hydrogen-bond acceptors (Lipinski definition) is 3. The summed E-state index contributed by atoms with van der Waals surface area (Å²) in [6.45, 7) is 15.7. The maximum atomic E-state index is 7.35. The molecule has 0 bridgehead atoms. The van der Waals surface area contributed by atoms with Gasteiger partial charge in [-0.25, -0.2) is 4.85 Å². The van der Waals surface area contributed by atoms with Crippen molar-refractivity contribution in [3.8, 4) is 22.5 Å². The molecule has 3 aromatic heterocycles. The molecule has 35 heavy (non-hydrogen) atoms. The molecular weight excluding hydrogens is 430 g/mol. The van der Waals surface area contributed by atoms with Crippen molar-refractivity contribution in [1.82, 2.24) is 9.97 Å². The van der Waals surface area contributed by atoms with Gasteiger partial charge in [-0.3, -0.25) is 9.97 Å². The predicted octanol–water partition coefficient (Wildman–Crippen LogP) is 8.65. The second kappa shape index (κ2) is 7.78. The van der Waals surface area contributed by atoms with Crippen LogP contribution in [0, 0.1) is 34.3 Å². The number of furan rings is 1. The lowest BCUT2D eigenvalue weighted by Crippen LogP contribution is -1.92. The zero-order valence-corrected chi connectivity index (χ0v) is 20.1. The highest BCUT2D eigenvalue weighted by Crippen LogP contribution is 2.41. The van der Waals surface area contributed by atoms with Gasteiger partial charge in [0, 0.05) is 39.7 Å². The summed E-state index contributed by atoms with van der Waals surface area (Å²) >= 11 is 0. The van der Waals surface area contributed by atoms with Gasteiger partial charge >= 0.3 is 0 Å². The minimum atomic E-state index is 0.621. The van der Waals surface area contributed by atoms with Crippen LogP contribution >= 0.6 is 0 Å². The summed E-state index contributed by atoms with van der Waals surface area (Å²) in [5.74, 6) is 0. The summed E-state index contributed by atoms with van der Waals surface area (Å²) in [5, 5.41) is 4.06. The summed E-state index contributed by atoms with van der Waals surface area (Å²) in [6.07, 6.45) is 3.85. The lowest BCUT2D eigenvalue weighted by Gasteiger charge is -2.10. The van der Waals surface area contributed by atoms with Gasteiger partial charge in [0.05, 0.1) is 18.0 Å². The standard InChI is InChI=1S/C31H23N3O/c1-17-10-28(33-15-19(17)3)22-13-26-25-8-6-21-12-23(32-5)7-9-24(21)30(25)35-31(26)27(14-22)29-11-18(2)20(4)16-34-29/h6-16H,1-4H3. The van der Waals surface area contributed by atoms with E-state index in [4.69, 9.17) is 21.0 Å². The molecule has 0 saturated heterocycles. The average molecular weight is 454 g/mol. The van der Waals surface area contributed by atoms with Crippen LogP contribution < -0.4 is 0 Å². The Morgan fingerprint density at radius 2 is 1.34 bits per heavy atom. The van der Waals surface area contributed by atoms with Crippen molar-refractivity contribution in [2.75, 3.05) is 0 Å². The maximum Gasteiger partial charge on any atom is 0.187 e. The van der Waals surface area contributed by atoms with E-state index in [0.29, 0.717) is 5.69 Å². The summed E-state index contributed by atoms with van der Waals surface area (Å²) in [7, 11) is 0. The molecule has 0 aliphatic carbocycles. The van der Waals surface area contributed by atoms with Crippen molar-refractivity contribution < 1.29 is 4.42 Å². The second-order valence-corrected chi connectivity index (χ2v) is 9.27. The highest BCUT2D eigenvalue weighted by Gasteiger charge is 2.18. The van der Waals surface area contributed by atoms with Gasteiger partial charge < -0.3 is 4.42 Å². The van der Waals surface area contributed by atoms with E-state index in [1.54, 1.807) is 0 Å². The van der Waals surface area contributed by atoms with E-state index < -0.39 is 0 Å². The van der Waals surface area contributed by atoms with Crippen molar-refractivity contribution in [3.63, 3.8) is 0 Å². The Bertz CT molecular complexity index is 1850. The minimum Gasteiger partial charge on any atom is -0.455 e. The van der Waals surface area contributed by atoms with E-state index in [2.05, 4.69) is 68.9 Å². The van der Waals surface area contributed by atoms with Crippen molar-refractivity contribution in [3.05, 3.63) is 101 Å². The van der Waals surface area contributed by atoms with Crippen LogP contribution in [0.1, 0.15) is 22.3 Å². The average Bonchev–Trinajstić information content (AvgIpc) is 3.25. The van der Waals surface area contributed by atoms with Gasteiger partial charge in [0.1, 0.15) is 11.2 Å². The van der Waals surface area contributed by atoms with Crippen LogP contribution in [0.2, 0.25) is 0 Å². The van der Waals surface area contributed by atoms with Crippen molar-refractivity contribution in [2.24, 2.45) is 0 Å². The summed E-state index contributed by atoms with van der Waals surface area (Å²) in [4.78, 5) is 13.1. The van der Waals surface area contributed by atoms with Crippen LogP contribution in [0.4, 0.5) is 5.69 Å². The largest absolute Gasteiger partial charge is 0.455 e. The molecule has 4 heteroatoms. The maximum absolute atomic E-state index is 7.35. The lowest BCUT2D eigenvalue weighted by atomic mass is 9.97. The number of aromatic nitrogens is 2. The zero-order valence-electron chi connectivity index (χ0n) is 20.1. The SMILES string of the molecule is [C-]#[N+]c1ccc2c(ccc3c4cc(-c5cc(C)c(C)cn5)cc(-c5cc(C)c(C)cn5)c4oc23)c1. The van der Waals surface area contributed by atoms with E-state index in [-0.39, 0.29) is 0 Å². The van der Waals surface area contributed by atoms with Crippen LogP contribution in [0.3, 0.4) is 0 Å². The molecule has 0 atom stereocenters. The lowest BCUT2D eigenvalue weighted by molar-refractivity contribution is 0.673. The topological polar surface area (TPSA) is 43.3 Å². The first kappa shape index (κ1) is 21.1. The molecule has 0 amide bonds. The number of pyridine rings is 2. The Morgan fingerprint density at radius 1 is 0.657 bits per heavy atom. The first-order valence-corrected chi connectivity index (χ1v) is 11.6. The van der Waals surface area contributed by atoms with Crippen molar-refractivity contribution >= 4 is 38.4 Å². The van der Waals surface area contributed by atoms with Crippen molar-refractivity contribution in [2.45, 2.75) is 27.7 Å². The van der Waals surface area contributed by atoms with Gasteiger partial charge in [0.15, 0.2) is 5.69 Å². The van der Waals surface area contributed by atoms with Gasteiger partial charge in [0.2, 0.25) is 0 Å². The van der Waals surface area contributed by atoms with Gasteiger partial charge in [-0.1, -0.05) is 18.2 Å². The summed E-state index contributed by atoms with van der Waals surface area (Å²) in [6, 6.07) is 18.5. The molecule has 168 valence electrons. The molecular formula is C31H23N3O. The molecule has 6 rings (SSSR count). The second-order valence-electron chi connectivity index (χ2n) is 9.27. The molecule has 0 saturated carbocycles. The van der Waals surface area contributed by atoms with Gasteiger partial charge in [0.25, 0.3) is 0 Å². The van der Waals surface area contributed by atoms with Crippen molar-refractivity contribution in [1.29, 1.82) is 0 Å². The molecule has 0 spiro atoms. The summed E-state index contributed by atoms with van der Waals surface area (Å²) < 4.78 is 6.59. The minimum absolute atomic E-state index is 0.621. The van der Waals surface area contributed by atoms with E-state index in [1.807, 2.05) is 30.6 Å². The number of nitrogens with zero attached hydrogens (tertiary/aromatic N) is 3. The monoisotopic (exact) mass is 453 g/mol. The Kier molecular flexibility index (Phi) is 4.69. The van der Waals surface area contributed by atoms with Crippen LogP contribution in [-0.2, 0) is 0 Å². The molecule has 4 nitrogen and oxygen atoms in total. The smallest absolute Gasteiger partial charge is 0.187 e.